The number of hydrogen-bond acceptors (Lipinski definition) is 2. The lowest BCUT2D eigenvalue weighted by Gasteiger charge is -2.02. The Labute approximate surface area is 79.1 Å². The molecule has 0 unspecified atom stereocenters. The van der Waals surface area contributed by atoms with Gasteiger partial charge in [-0.15, -0.1) is 0 Å². The van der Waals surface area contributed by atoms with E-state index in [1.807, 2.05) is 0 Å². The summed E-state index contributed by atoms with van der Waals surface area (Å²) in [6.07, 6.45) is 3.91. The van der Waals surface area contributed by atoms with E-state index >= 15 is 0 Å². The largest absolute Gasteiger partial charge is 0.479 e. The number of carboxylic acids is 1. The molecule has 0 radical (unpaired) electrons. The van der Waals surface area contributed by atoms with Gasteiger partial charge in [-0.25, -0.2) is 4.79 Å². The van der Waals surface area contributed by atoms with Gasteiger partial charge in [0.25, 0.3) is 0 Å². The first kappa shape index (κ1) is 10.5. The second-order valence-electron chi connectivity index (χ2n) is 4.11. The zero-order valence-electron chi connectivity index (χ0n) is 8.32. The highest BCUT2D eigenvalue weighted by molar-refractivity contribution is 5.75. The standard InChI is InChI=1S/C10H18O3/c1-7(2)5-3-4-6-8-9(13-8)10(11)12/h7-9H,3-6H2,1-2H3,(H,11,12)/t8-,9+/m1/s1. The third-order valence-electron chi connectivity index (χ3n) is 2.35. The third kappa shape index (κ3) is 3.77. The van der Waals surface area contributed by atoms with Crippen LogP contribution < -0.4 is 0 Å². The number of epoxide rings is 1. The number of hydrogen-bond donors (Lipinski definition) is 1. The second kappa shape index (κ2) is 4.61. The fraction of sp³-hybridized carbons (Fsp3) is 0.900. The van der Waals surface area contributed by atoms with E-state index in [9.17, 15) is 4.79 Å². The van der Waals surface area contributed by atoms with E-state index in [1.165, 1.54) is 12.8 Å². The van der Waals surface area contributed by atoms with Crippen LogP contribution >= 0.6 is 0 Å². The third-order valence-corrected chi connectivity index (χ3v) is 2.35. The fourth-order valence-corrected chi connectivity index (χ4v) is 1.48. The molecule has 1 N–H and O–H groups in total. The molecule has 0 amide bonds. The van der Waals surface area contributed by atoms with Crippen LogP contribution in [0.2, 0.25) is 0 Å². The molecule has 0 aliphatic carbocycles. The van der Waals surface area contributed by atoms with Gasteiger partial charge in [-0.05, 0) is 12.3 Å². The lowest BCUT2D eigenvalue weighted by molar-refractivity contribution is -0.138. The molecule has 13 heavy (non-hydrogen) atoms. The highest BCUT2D eigenvalue weighted by Gasteiger charge is 2.44. The Kier molecular flexibility index (Phi) is 3.72. The maximum absolute atomic E-state index is 10.4. The van der Waals surface area contributed by atoms with Gasteiger partial charge in [-0.3, -0.25) is 0 Å². The van der Waals surface area contributed by atoms with Crippen molar-refractivity contribution in [1.82, 2.24) is 0 Å². The molecule has 1 heterocycles. The first-order valence-corrected chi connectivity index (χ1v) is 4.99. The predicted octanol–water partition coefficient (Wildman–Crippen LogP) is 2.05. The van der Waals surface area contributed by atoms with E-state index in [1.54, 1.807) is 0 Å². The van der Waals surface area contributed by atoms with Crippen LogP contribution in [-0.2, 0) is 9.53 Å². The molecule has 1 fully saturated rings. The van der Waals surface area contributed by atoms with E-state index in [2.05, 4.69) is 13.8 Å². The fourth-order valence-electron chi connectivity index (χ4n) is 1.48. The van der Waals surface area contributed by atoms with Crippen molar-refractivity contribution in [3.63, 3.8) is 0 Å². The van der Waals surface area contributed by atoms with Crippen molar-refractivity contribution in [3.8, 4) is 0 Å². The Morgan fingerprint density at radius 1 is 1.46 bits per heavy atom. The summed E-state index contributed by atoms with van der Waals surface area (Å²) in [5.41, 5.74) is 0. The van der Waals surface area contributed by atoms with Gasteiger partial charge in [-0.1, -0.05) is 33.1 Å². The highest BCUT2D eigenvalue weighted by atomic mass is 16.6. The van der Waals surface area contributed by atoms with Gasteiger partial charge in [0.05, 0.1) is 6.10 Å². The van der Waals surface area contributed by atoms with Crippen molar-refractivity contribution in [3.05, 3.63) is 0 Å². The highest BCUT2D eigenvalue weighted by Crippen LogP contribution is 2.27. The normalized spacial score (nSPS) is 26.4. The Hall–Kier alpha value is -0.570. The molecular formula is C10H18O3. The van der Waals surface area contributed by atoms with Gasteiger partial charge in [0.2, 0.25) is 0 Å². The van der Waals surface area contributed by atoms with Crippen LogP contribution in [0, 0.1) is 5.92 Å². The van der Waals surface area contributed by atoms with Gasteiger partial charge in [0.1, 0.15) is 0 Å². The average molecular weight is 186 g/mol. The van der Waals surface area contributed by atoms with E-state index in [0.717, 1.165) is 18.8 Å². The van der Waals surface area contributed by atoms with Crippen molar-refractivity contribution >= 4 is 5.97 Å². The maximum atomic E-state index is 10.4. The van der Waals surface area contributed by atoms with Crippen molar-refractivity contribution in [2.75, 3.05) is 0 Å². The number of aliphatic carboxylic acids is 1. The molecular weight excluding hydrogens is 168 g/mol. The Bertz CT molecular complexity index is 177. The minimum Gasteiger partial charge on any atom is -0.479 e. The first-order chi connectivity index (χ1) is 6.11. The molecule has 1 aliphatic rings. The smallest absolute Gasteiger partial charge is 0.335 e. The molecule has 0 bridgehead atoms. The molecule has 76 valence electrons. The van der Waals surface area contributed by atoms with Crippen molar-refractivity contribution < 1.29 is 14.6 Å². The van der Waals surface area contributed by atoms with E-state index < -0.39 is 12.1 Å². The Morgan fingerprint density at radius 3 is 2.62 bits per heavy atom. The van der Waals surface area contributed by atoms with Crippen LogP contribution in [0.3, 0.4) is 0 Å². The number of unbranched alkanes of at least 4 members (excludes halogenated alkanes) is 1. The van der Waals surface area contributed by atoms with Crippen LogP contribution in [-0.4, -0.2) is 23.3 Å². The monoisotopic (exact) mass is 186 g/mol. The van der Waals surface area contributed by atoms with Crippen LogP contribution in [0.15, 0.2) is 0 Å². The van der Waals surface area contributed by atoms with Crippen molar-refractivity contribution in [2.45, 2.75) is 51.7 Å². The summed E-state index contributed by atoms with van der Waals surface area (Å²) >= 11 is 0. The molecule has 0 aromatic rings. The molecule has 0 saturated carbocycles. The summed E-state index contributed by atoms with van der Waals surface area (Å²) in [7, 11) is 0. The van der Waals surface area contributed by atoms with Gasteiger partial charge >= 0.3 is 5.97 Å². The lowest BCUT2D eigenvalue weighted by atomic mass is 10.0. The summed E-state index contributed by atoms with van der Waals surface area (Å²) in [5.74, 6) is -0.0655. The minimum atomic E-state index is -0.811. The second-order valence-corrected chi connectivity index (χ2v) is 4.11. The Balaban J connectivity index is 1.94. The number of ether oxygens (including phenoxy) is 1. The van der Waals surface area contributed by atoms with Crippen LogP contribution in [0.1, 0.15) is 39.5 Å². The molecule has 3 heteroatoms. The van der Waals surface area contributed by atoms with Crippen LogP contribution in [0.25, 0.3) is 0 Å². The summed E-state index contributed by atoms with van der Waals surface area (Å²) in [4.78, 5) is 10.4. The van der Waals surface area contributed by atoms with Crippen molar-refractivity contribution in [2.24, 2.45) is 5.92 Å². The van der Waals surface area contributed by atoms with Gasteiger partial charge in [0.15, 0.2) is 6.10 Å². The Morgan fingerprint density at radius 2 is 2.15 bits per heavy atom. The summed E-state index contributed by atoms with van der Waals surface area (Å²) in [6.45, 7) is 4.40. The number of rotatable bonds is 6. The predicted molar refractivity (Wildman–Crippen MR) is 49.6 cm³/mol. The zero-order chi connectivity index (χ0) is 9.84. The topological polar surface area (TPSA) is 49.8 Å². The zero-order valence-corrected chi connectivity index (χ0v) is 8.32. The molecule has 0 aromatic heterocycles. The molecule has 1 saturated heterocycles. The summed E-state index contributed by atoms with van der Waals surface area (Å²) in [6, 6.07) is 0. The summed E-state index contributed by atoms with van der Waals surface area (Å²) in [5, 5.41) is 8.54. The SMILES string of the molecule is CC(C)CCCC[C@H]1O[C@@H]1C(=O)O. The quantitative estimate of drug-likeness (QED) is 0.510. The molecule has 2 atom stereocenters. The number of carbonyl (C=O) groups is 1. The van der Waals surface area contributed by atoms with Crippen molar-refractivity contribution in [1.29, 1.82) is 0 Å². The first-order valence-electron chi connectivity index (χ1n) is 4.99. The molecule has 3 nitrogen and oxygen atoms in total. The van der Waals surface area contributed by atoms with E-state index in [4.69, 9.17) is 9.84 Å². The van der Waals surface area contributed by atoms with Crippen LogP contribution in [0.4, 0.5) is 0 Å². The van der Waals surface area contributed by atoms with E-state index in [-0.39, 0.29) is 6.10 Å². The molecule has 0 spiro atoms. The number of carboxylic acid groups (broad SMARTS) is 1. The van der Waals surface area contributed by atoms with Crippen LogP contribution in [0.5, 0.6) is 0 Å². The van der Waals surface area contributed by atoms with Gasteiger partial charge in [0, 0.05) is 0 Å². The molecule has 0 aromatic carbocycles. The van der Waals surface area contributed by atoms with Gasteiger partial charge in [-0.2, -0.15) is 0 Å². The molecule has 1 aliphatic heterocycles. The lowest BCUT2D eigenvalue weighted by Crippen LogP contribution is -2.07. The molecule has 1 rings (SSSR count). The average Bonchev–Trinajstić information content (AvgIpc) is 2.76. The maximum Gasteiger partial charge on any atom is 0.335 e. The minimum absolute atomic E-state index is 0.00432. The summed E-state index contributed by atoms with van der Waals surface area (Å²) < 4.78 is 4.99. The van der Waals surface area contributed by atoms with Gasteiger partial charge < -0.3 is 9.84 Å². The van der Waals surface area contributed by atoms with E-state index in [0.29, 0.717) is 0 Å².